The summed E-state index contributed by atoms with van der Waals surface area (Å²) in [5, 5.41) is 0. The third-order valence-electron chi connectivity index (χ3n) is 7.53. The molecule has 0 aromatic heterocycles. The standard InChI is InChI=1S/C28H42O/c1-3-5-6-23-7-9-24(10-8-23)11-12-25-13-17-27(18-14-25)28-19-15-26(16-20-28)22-29-21-4-2/h3-4,15-16,19-20,23-25,27H,1-2,5-14,17-18,21-22H2. The van der Waals surface area contributed by atoms with E-state index in [1.165, 1.54) is 88.2 Å². The lowest BCUT2D eigenvalue weighted by molar-refractivity contribution is 0.149. The Labute approximate surface area is 179 Å². The molecule has 0 amide bonds. The zero-order valence-electron chi connectivity index (χ0n) is 18.5. The molecule has 0 radical (unpaired) electrons. The van der Waals surface area contributed by atoms with Crippen LogP contribution in [0.1, 0.15) is 94.1 Å². The van der Waals surface area contributed by atoms with Crippen molar-refractivity contribution in [3.05, 3.63) is 60.7 Å². The van der Waals surface area contributed by atoms with Crippen LogP contribution in [0.2, 0.25) is 0 Å². The number of ether oxygens (including phenoxy) is 1. The third kappa shape index (κ3) is 7.45. The molecule has 0 spiro atoms. The van der Waals surface area contributed by atoms with E-state index in [1.54, 1.807) is 0 Å². The highest BCUT2D eigenvalue weighted by Gasteiger charge is 2.25. The summed E-state index contributed by atoms with van der Waals surface area (Å²) in [5.41, 5.74) is 2.80. The number of rotatable bonds is 11. The van der Waals surface area contributed by atoms with Crippen molar-refractivity contribution in [1.29, 1.82) is 0 Å². The van der Waals surface area contributed by atoms with Gasteiger partial charge in [0, 0.05) is 0 Å². The van der Waals surface area contributed by atoms with E-state index in [9.17, 15) is 0 Å². The van der Waals surface area contributed by atoms with Crippen LogP contribution in [-0.4, -0.2) is 6.61 Å². The summed E-state index contributed by atoms with van der Waals surface area (Å²) in [6, 6.07) is 9.16. The second kappa shape index (κ2) is 12.4. The van der Waals surface area contributed by atoms with Gasteiger partial charge in [0.2, 0.25) is 0 Å². The molecule has 1 aromatic carbocycles. The zero-order chi connectivity index (χ0) is 20.3. The molecule has 2 fully saturated rings. The molecule has 160 valence electrons. The molecule has 0 bridgehead atoms. The Bertz CT molecular complexity index is 585. The lowest BCUT2D eigenvalue weighted by atomic mass is 9.74. The van der Waals surface area contributed by atoms with E-state index >= 15 is 0 Å². The topological polar surface area (TPSA) is 9.23 Å². The number of hydrogen-bond acceptors (Lipinski definition) is 1. The van der Waals surface area contributed by atoms with Gasteiger partial charge in [-0.05, 0) is 73.3 Å². The van der Waals surface area contributed by atoms with Gasteiger partial charge in [-0.15, -0.1) is 13.2 Å². The molecular formula is C28H42O. The average Bonchev–Trinajstić information content (AvgIpc) is 2.78. The van der Waals surface area contributed by atoms with Crippen LogP contribution >= 0.6 is 0 Å². The summed E-state index contributed by atoms with van der Waals surface area (Å²) in [4.78, 5) is 0. The van der Waals surface area contributed by atoms with Gasteiger partial charge in [0.15, 0.2) is 0 Å². The molecule has 1 aromatic rings. The van der Waals surface area contributed by atoms with Crippen LogP contribution in [0.4, 0.5) is 0 Å². The van der Waals surface area contributed by atoms with Gasteiger partial charge in [-0.2, -0.15) is 0 Å². The molecule has 2 aliphatic rings. The molecule has 0 heterocycles. The smallest absolute Gasteiger partial charge is 0.0721 e. The summed E-state index contributed by atoms with van der Waals surface area (Å²) >= 11 is 0. The predicted molar refractivity (Wildman–Crippen MR) is 125 cm³/mol. The van der Waals surface area contributed by atoms with Crippen LogP contribution in [0, 0.1) is 17.8 Å². The quantitative estimate of drug-likeness (QED) is 0.271. The highest BCUT2D eigenvalue weighted by Crippen LogP contribution is 2.40. The Morgan fingerprint density at radius 2 is 1.28 bits per heavy atom. The zero-order valence-corrected chi connectivity index (χ0v) is 18.5. The Morgan fingerprint density at radius 1 is 0.724 bits per heavy atom. The van der Waals surface area contributed by atoms with Crippen molar-refractivity contribution >= 4 is 0 Å². The fraction of sp³-hybridized carbons (Fsp3) is 0.643. The normalized spacial score (nSPS) is 27.4. The first-order valence-electron chi connectivity index (χ1n) is 12.2. The van der Waals surface area contributed by atoms with Crippen molar-refractivity contribution in [2.45, 2.75) is 89.6 Å². The van der Waals surface area contributed by atoms with Crippen LogP contribution in [0.15, 0.2) is 49.6 Å². The molecule has 2 aliphatic carbocycles. The minimum absolute atomic E-state index is 0.627. The summed E-state index contributed by atoms with van der Waals surface area (Å²) < 4.78 is 5.55. The Hall–Kier alpha value is -1.34. The van der Waals surface area contributed by atoms with Crippen molar-refractivity contribution in [3.8, 4) is 0 Å². The van der Waals surface area contributed by atoms with Gasteiger partial charge >= 0.3 is 0 Å². The van der Waals surface area contributed by atoms with E-state index in [4.69, 9.17) is 4.74 Å². The number of benzene rings is 1. The average molecular weight is 395 g/mol. The molecule has 0 N–H and O–H groups in total. The highest BCUT2D eigenvalue weighted by atomic mass is 16.5. The summed E-state index contributed by atoms with van der Waals surface area (Å²) in [5.74, 6) is 3.76. The van der Waals surface area contributed by atoms with Gasteiger partial charge in [-0.25, -0.2) is 0 Å². The molecule has 0 aliphatic heterocycles. The van der Waals surface area contributed by atoms with Gasteiger partial charge in [0.1, 0.15) is 0 Å². The maximum atomic E-state index is 5.55. The lowest BCUT2D eigenvalue weighted by Crippen LogP contribution is -2.17. The van der Waals surface area contributed by atoms with Gasteiger partial charge in [-0.3, -0.25) is 0 Å². The largest absolute Gasteiger partial charge is 0.373 e. The predicted octanol–water partition coefficient (Wildman–Crippen LogP) is 8.22. The molecule has 0 unspecified atom stereocenters. The second-order valence-corrected chi connectivity index (χ2v) is 9.59. The van der Waals surface area contributed by atoms with Crippen LogP contribution in [0.25, 0.3) is 0 Å². The molecule has 0 atom stereocenters. The minimum atomic E-state index is 0.627. The Balaban J connectivity index is 1.32. The van der Waals surface area contributed by atoms with Crippen molar-refractivity contribution < 1.29 is 4.74 Å². The maximum Gasteiger partial charge on any atom is 0.0721 e. The first-order chi connectivity index (χ1) is 14.3. The molecule has 0 saturated heterocycles. The van der Waals surface area contributed by atoms with Crippen LogP contribution in [-0.2, 0) is 11.3 Å². The number of allylic oxidation sites excluding steroid dienone is 1. The first kappa shape index (κ1) is 22.3. The highest BCUT2D eigenvalue weighted by molar-refractivity contribution is 5.25. The Morgan fingerprint density at radius 3 is 1.83 bits per heavy atom. The van der Waals surface area contributed by atoms with E-state index < -0.39 is 0 Å². The monoisotopic (exact) mass is 394 g/mol. The van der Waals surface area contributed by atoms with E-state index in [0.29, 0.717) is 13.2 Å². The molecule has 3 rings (SSSR count). The lowest BCUT2D eigenvalue weighted by Gasteiger charge is -2.32. The van der Waals surface area contributed by atoms with E-state index in [2.05, 4.69) is 43.5 Å². The molecule has 2 saturated carbocycles. The van der Waals surface area contributed by atoms with Crippen LogP contribution < -0.4 is 0 Å². The number of hydrogen-bond donors (Lipinski definition) is 0. The van der Waals surface area contributed by atoms with Crippen molar-refractivity contribution in [3.63, 3.8) is 0 Å². The van der Waals surface area contributed by atoms with Crippen molar-refractivity contribution in [1.82, 2.24) is 0 Å². The summed E-state index contributed by atoms with van der Waals surface area (Å²) in [6.45, 7) is 8.89. The first-order valence-corrected chi connectivity index (χ1v) is 12.2. The van der Waals surface area contributed by atoms with Gasteiger partial charge < -0.3 is 4.74 Å². The van der Waals surface area contributed by atoms with E-state index in [0.717, 1.165) is 23.7 Å². The fourth-order valence-electron chi connectivity index (χ4n) is 5.56. The minimum Gasteiger partial charge on any atom is -0.373 e. The van der Waals surface area contributed by atoms with Gasteiger partial charge in [0.25, 0.3) is 0 Å². The van der Waals surface area contributed by atoms with Crippen molar-refractivity contribution in [2.75, 3.05) is 6.61 Å². The molecule has 1 heteroatoms. The summed E-state index contributed by atoms with van der Waals surface area (Å²) in [6.07, 6.45) is 21.0. The van der Waals surface area contributed by atoms with E-state index in [-0.39, 0.29) is 0 Å². The SMILES string of the molecule is C=CCCC1CCC(CCC2CCC(c3ccc(COCC=C)cc3)CC2)CC1. The maximum absolute atomic E-state index is 5.55. The Kier molecular flexibility index (Phi) is 9.54. The fourth-order valence-corrected chi connectivity index (χ4v) is 5.56. The van der Waals surface area contributed by atoms with E-state index in [1.807, 2.05) is 6.08 Å². The molecular weight excluding hydrogens is 352 g/mol. The summed E-state index contributed by atoms with van der Waals surface area (Å²) in [7, 11) is 0. The molecule has 1 nitrogen and oxygen atoms in total. The van der Waals surface area contributed by atoms with Crippen LogP contribution in [0.3, 0.4) is 0 Å². The van der Waals surface area contributed by atoms with Crippen LogP contribution in [0.5, 0.6) is 0 Å². The second-order valence-electron chi connectivity index (χ2n) is 9.59. The van der Waals surface area contributed by atoms with Gasteiger partial charge in [-0.1, -0.05) is 74.9 Å². The molecule has 29 heavy (non-hydrogen) atoms. The van der Waals surface area contributed by atoms with Crippen molar-refractivity contribution in [2.24, 2.45) is 17.8 Å². The van der Waals surface area contributed by atoms with Gasteiger partial charge in [0.05, 0.1) is 13.2 Å². The third-order valence-corrected chi connectivity index (χ3v) is 7.53.